The van der Waals surface area contributed by atoms with E-state index in [0.717, 1.165) is 23.0 Å². The summed E-state index contributed by atoms with van der Waals surface area (Å²) in [4.78, 5) is 0. The van der Waals surface area contributed by atoms with Crippen molar-refractivity contribution in [1.82, 2.24) is 4.31 Å². The molecule has 0 saturated carbocycles. The van der Waals surface area contributed by atoms with Gasteiger partial charge in [0, 0.05) is 12.6 Å². The van der Waals surface area contributed by atoms with E-state index in [1.54, 1.807) is 12.1 Å². The van der Waals surface area contributed by atoms with Crippen LogP contribution in [-0.2, 0) is 10.0 Å². The van der Waals surface area contributed by atoms with Gasteiger partial charge in [0.2, 0.25) is 0 Å². The average molecular weight is 340 g/mol. The van der Waals surface area contributed by atoms with Crippen molar-refractivity contribution in [3.05, 3.63) is 15.9 Å². The molecule has 2 rings (SSSR count). The van der Waals surface area contributed by atoms with Crippen LogP contribution in [0.5, 0.6) is 0 Å². The van der Waals surface area contributed by atoms with Crippen LogP contribution in [0.1, 0.15) is 19.3 Å². The Hall–Kier alpha value is 0.0500. The second-order valence-corrected chi connectivity index (χ2v) is 8.59. The predicted molar refractivity (Wildman–Crippen MR) is 70.6 cm³/mol. The Kier molecular flexibility index (Phi) is 4.25. The molecular formula is C10H14BrNO3S2. The maximum Gasteiger partial charge on any atom is 0.252 e. The van der Waals surface area contributed by atoms with Crippen LogP contribution in [-0.4, -0.2) is 37.0 Å². The number of rotatable bonds is 3. The van der Waals surface area contributed by atoms with Gasteiger partial charge in [-0.25, -0.2) is 8.42 Å². The molecule has 2 heterocycles. The molecular weight excluding hydrogens is 326 g/mol. The fraction of sp³-hybridized carbons (Fsp3) is 0.600. The van der Waals surface area contributed by atoms with E-state index in [1.807, 2.05) is 0 Å². The van der Waals surface area contributed by atoms with Gasteiger partial charge in [0.1, 0.15) is 4.21 Å². The van der Waals surface area contributed by atoms with E-state index in [9.17, 15) is 13.5 Å². The highest BCUT2D eigenvalue weighted by atomic mass is 79.9. The van der Waals surface area contributed by atoms with Gasteiger partial charge in [0.15, 0.2) is 0 Å². The molecule has 0 radical (unpaired) electrons. The van der Waals surface area contributed by atoms with Gasteiger partial charge in [0.25, 0.3) is 10.0 Å². The van der Waals surface area contributed by atoms with Crippen LogP contribution in [0.15, 0.2) is 20.1 Å². The molecule has 0 bridgehead atoms. The highest BCUT2D eigenvalue weighted by molar-refractivity contribution is 9.11. The Balaban J connectivity index is 2.30. The van der Waals surface area contributed by atoms with Crippen LogP contribution < -0.4 is 0 Å². The summed E-state index contributed by atoms with van der Waals surface area (Å²) in [6, 6.07) is 3.07. The van der Waals surface area contributed by atoms with Crippen molar-refractivity contribution >= 4 is 37.3 Å². The first-order chi connectivity index (χ1) is 8.05. The second kappa shape index (κ2) is 5.36. The van der Waals surface area contributed by atoms with Gasteiger partial charge >= 0.3 is 0 Å². The summed E-state index contributed by atoms with van der Waals surface area (Å²) in [6.07, 6.45) is 2.58. The van der Waals surface area contributed by atoms with Gasteiger partial charge in [-0.1, -0.05) is 6.42 Å². The van der Waals surface area contributed by atoms with E-state index >= 15 is 0 Å². The zero-order valence-corrected chi connectivity index (χ0v) is 12.4. The largest absolute Gasteiger partial charge is 0.395 e. The summed E-state index contributed by atoms with van der Waals surface area (Å²) in [6.45, 7) is 0.398. The number of aliphatic hydroxyl groups is 1. The number of halogens is 1. The minimum atomic E-state index is -3.44. The smallest absolute Gasteiger partial charge is 0.252 e. The van der Waals surface area contributed by atoms with Gasteiger partial charge in [-0.3, -0.25) is 0 Å². The topological polar surface area (TPSA) is 57.6 Å². The van der Waals surface area contributed by atoms with Gasteiger partial charge in [-0.2, -0.15) is 4.31 Å². The van der Waals surface area contributed by atoms with Crippen LogP contribution in [0.2, 0.25) is 0 Å². The monoisotopic (exact) mass is 339 g/mol. The van der Waals surface area contributed by atoms with E-state index in [-0.39, 0.29) is 12.6 Å². The second-order valence-electron chi connectivity index (χ2n) is 4.01. The van der Waals surface area contributed by atoms with Gasteiger partial charge < -0.3 is 5.11 Å². The molecule has 0 unspecified atom stereocenters. The number of hydrogen-bond acceptors (Lipinski definition) is 4. The highest BCUT2D eigenvalue weighted by Crippen LogP contribution is 2.31. The van der Waals surface area contributed by atoms with Crippen molar-refractivity contribution in [3.8, 4) is 0 Å². The third-order valence-electron chi connectivity index (χ3n) is 2.90. The van der Waals surface area contributed by atoms with E-state index < -0.39 is 10.0 Å². The number of hydrogen-bond donors (Lipinski definition) is 1. The van der Waals surface area contributed by atoms with Crippen molar-refractivity contribution in [2.24, 2.45) is 0 Å². The quantitative estimate of drug-likeness (QED) is 0.916. The zero-order chi connectivity index (χ0) is 12.5. The normalized spacial score (nSPS) is 22.8. The molecule has 1 N–H and O–H groups in total. The Morgan fingerprint density at radius 3 is 2.82 bits per heavy atom. The number of sulfonamides is 1. The van der Waals surface area contributed by atoms with Crippen molar-refractivity contribution in [1.29, 1.82) is 0 Å². The van der Waals surface area contributed by atoms with Crippen LogP contribution in [0.25, 0.3) is 0 Å². The number of piperidine rings is 1. The molecule has 1 saturated heterocycles. The molecule has 1 fully saturated rings. The molecule has 0 aromatic carbocycles. The number of aliphatic hydroxyl groups excluding tert-OH is 1. The van der Waals surface area contributed by atoms with Crippen molar-refractivity contribution in [2.45, 2.75) is 29.5 Å². The molecule has 1 aromatic rings. The highest BCUT2D eigenvalue weighted by Gasteiger charge is 2.33. The van der Waals surface area contributed by atoms with Gasteiger partial charge in [-0.15, -0.1) is 11.3 Å². The fourth-order valence-electron chi connectivity index (χ4n) is 2.02. The first kappa shape index (κ1) is 13.5. The first-order valence-corrected chi connectivity index (χ1v) is 8.48. The molecule has 7 heteroatoms. The van der Waals surface area contributed by atoms with Crippen molar-refractivity contribution in [3.63, 3.8) is 0 Å². The first-order valence-electron chi connectivity index (χ1n) is 5.44. The summed E-state index contributed by atoms with van der Waals surface area (Å²) in [5.41, 5.74) is 0. The van der Waals surface area contributed by atoms with Crippen LogP contribution in [0.4, 0.5) is 0 Å². The third kappa shape index (κ3) is 2.73. The SMILES string of the molecule is O=S(=O)(c1ccc(Br)s1)N1CCCC[C@H]1CO. The molecule has 0 amide bonds. The Bertz CT molecular complexity index is 485. The van der Waals surface area contributed by atoms with Crippen molar-refractivity contribution < 1.29 is 13.5 Å². The van der Waals surface area contributed by atoms with E-state index in [2.05, 4.69) is 15.9 Å². The Morgan fingerprint density at radius 2 is 2.24 bits per heavy atom. The molecule has 0 spiro atoms. The Morgan fingerprint density at radius 1 is 1.47 bits per heavy atom. The van der Waals surface area contributed by atoms with E-state index in [4.69, 9.17) is 0 Å². The molecule has 1 atom stereocenters. The maximum atomic E-state index is 12.4. The minimum Gasteiger partial charge on any atom is -0.395 e. The minimum absolute atomic E-state index is 0.105. The fourth-order valence-corrected chi connectivity index (χ4v) is 5.85. The van der Waals surface area contributed by atoms with E-state index in [1.165, 1.54) is 15.6 Å². The van der Waals surface area contributed by atoms with Crippen LogP contribution in [0.3, 0.4) is 0 Å². The average Bonchev–Trinajstić information content (AvgIpc) is 2.76. The van der Waals surface area contributed by atoms with Gasteiger partial charge in [-0.05, 0) is 40.9 Å². The van der Waals surface area contributed by atoms with Crippen LogP contribution in [0, 0.1) is 0 Å². The lowest BCUT2D eigenvalue weighted by Gasteiger charge is -2.32. The van der Waals surface area contributed by atoms with E-state index in [0.29, 0.717) is 10.8 Å². The lowest BCUT2D eigenvalue weighted by Crippen LogP contribution is -2.45. The standard InChI is InChI=1S/C10H14BrNO3S2/c11-9-4-5-10(16-9)17(14,15)12-6-2-1-3-8(12)7-13/h4-5,8,13H,1-3,6-7H2/t8-/m0/s1. The van der Waals surface area contributed by atoms with Crippen LogP contribution >= 0.6 is 27.3 Å². The summed E-state index contributed by atoms with van der Waals surface area (Å²) in [7, 11) is -3.44. The van der Waals surface area contributed by atoms with Gasteiger partial charge in [0.05, 0.1) is 10.4 Å². The summed E-state index contributed by atoms with van der Waals surface area (Å²) in [5, 5.41) is 9.26. The Labute approximate surface area is 113 Å². The number of nitrogens with zero attached hydrogens (tertiary/aromatic N) is 1. The predicted octanol–water partition coefficient (Wildman–Crippen LogP) is 2.05. The maximum absolute atomic E-state index is 12.4. The molecule has 4 nitrogen and oxygen atoms in total. The lowest BCUT2D eigenvalue weighted by molar-refractivity contribution is 0.155. The van der Waals surface area contributed by atoms with Crippen molar-refractivity contribution in [2.75, 3.05) is 13.2 Å². The molecule has 96 valence electrons. The summed E-state index contributed by atoms with van der Waals surface area (Å²) >= 11 is 4.47. The molecule has 1 aromatic heterocycles. The molecule has 1 aliphatic heterocycles. The zero-order valence-electron chi connectivity index (χ0n) is 9.17. The molecule has 17 heavy (non-hydrogen) atoms. The third-order valence-corrected chi connectivity index (χ3v) is 6.94. The molecule has 1 aliphatic rings. The summed E-state index contributed by atoms with van der Waals surface area (Å²) < 4.78 is 27.3. The lowest BCUT2D eigenvalue weighted by atomic mass is 10.1. The number of thiophene rings is 1. The summed E-state index contributed by atoms with van der Waals surface area (Å²) in [5.74, 6) is 0. The molecule has 0 aliphatic carbocycles.